The Labute approximate surface area is 102 Å². The van der Waals surface area contributed by atoms with Gasteiger partial charge in [0.15, 0.2) is 0 Å². The number of ether oxygens (including phenoxy) is 2. The molecule has 1 rings (SSSR count). The number of hydrogen-bond donors (Lipinski definition) is 1. The van der Waals surface area contributed by atoms with Crippen molar-refractivity contribution in [1.29, 1.82) is 0 Å². The van der Waals surface area contributed by atoms with Gasteiger partial charge in [-0.05, 0) is 32.1 Å². The first-order valence-electron chi connectivity index (χ1n) is 6.20. The maximum atomic E-state index is 11.7. The molecule has 0 saturated carbocycles. The predicted molar refractivity (Wildman–Crippen MR) is 62.4 cm³/mol. The second kappa shape index (κ2) is 7.27. The highest BCUT2D eigenvalue weighted by Gasteiger charge is 2.33. The van der Waals surface area contributed by atoms with E-state index in [4.69, 9.17) is 9.47 Å². The van der Waals surface area contributed by atoms with Gasteiger partial charge in [0, 0.05) is 6.61 Å². The fraction of sp³-hybridized carbons (Fsp3) is 0.833. The van der Waals surface area contributed by atoms with Crippen LogP contribution in [0.1, 0.15) is 33.1 Å². The molecule has 0 aromatic rings. The van der Waals surface area contributed by atoms with Crippen LogP contribution in [0.25, 0.3) is 0 Å². The minimum atomic E-state index is -0.537. The molecule has 5 heteroatoms. The Kier molecular flexibility index (Phi) is 5.97. The van der Waals surface area contributed by atoms with Crippen LogP contribution in [0, 0.1) is 5.92 Å². The maximum Gasteiger partial charge on any atom is 0.328 e. The Morgan fingerprint density at radius 3 is 2.94 bits per heavy atom. The van der Waals surface area contributed by atoms with Crippen LogP contribution in [0.4, 0.5) is 0 Å². The predicted octanol–water partition coefficient (Wildman–Crippen LogP) is 0.869. The van der Waals surface area contributed by atoms with Crippen molar-refractivity contribution < 1.29 is 19.1 Å². The van der Waals surface area contributed by atoms with Crippen molar-refractivity contribution in [3.63, 3.8) is 0 Å². The lowest BCUT2D eigenvalue weighted by Gasteiger charge is -2.32. The summed E-state index contributed by atoms with van der Waals surface area (Å²) in [5, 5.41) is 2.57. The van der Waals surface area contributed by atoms with Crippen LogP contribution in [0.5, 0.6) is 0 Å². The van der Waals surface area contributed by atoms with Crippen LogP contribution in [0.15, 0.2) is 0 Å². The van der Waals surface area contributed by atoms with E-state index in [1.807, 2.05) is 0 Å². The van der Waals surface area contributed by atoms with Gasteiger partial charge in [0.05, 0.1) is 12.7 Å². The molecule has 1 amide bonds. The highest BCUT2D eigenvalue weighted by molar-refractivity contribution is 5.78. The molecule has 5 nitrogen and oxygen atoms in total. The zero-order valence-electron chi connectivity index (χ0n) is 10.5. The molecular weight excluding hydrogens is 222 g/mol. The fourth-order valence-electron chi connectivity index (χ4n) is 2.20. The van der Waals surface area contributed by atoms with E-state index < -0.39 is 6.04 Å². The van der Waals surface area contributed by atoms with E-state index in [1.54, 1.807) is 6.92 Å². The summed E-state index contributed by atoms with van der Waals surface area (Å²) in [5.41, 5.74) is 0. The number of hydrogen-bond acceptors (Lipinski definition) is 4. The van der Waals surface area contributed by atoms with Crippen molar-refractivity contribution in [3.8, 4) is 0 Å². The molecule has 0 aliphatic carbocycles. The van der Waals surface area contributed by atoms with E-state index in [9.17, 15) is 9.59 Å². The van der Waals surface area contributed by atoms with E-state index in [2.05, 4.69) is 12.2 Å². The summed E-state index contributed by atoms with van der Waals surface area (Å²) < 4.78 is 10.5. The zero-order valence-corrected chi connectivity index (χ0v) is 10.5. The van der Waals surface area contributed by atoms with Crippen LogP contribution in [-0.2, 0) is 19.1 Å². The van der Waals surface area contributed by atoms with Gasteiger partial charge in [0.25, 0.3) is 0 Å². The molecule has 1 saturated heterocycles. The SMILES string of the molecule is CCOC(=O)[C@H](NC=O)[C@H]1CCO[C@H](CC)C1. The second-order valence-corrected chi connectivity index (χ2v) is 4.20. The monoisotopic (exact) mass is 243 g/mol. The molecule has 1 fully saturated rings. The molecule has 1 aliphatic heterocycles. The lowest BCUT2D eigenvalue weighted by atomic mass is 9.88. The molecule has 1 heterocycles. The third-order valence-corrected chi connectivity index (χ3v) is 3.12. The summed E-state index contributed by atoms with van der Waals surface area (Å²) >= 11 is 0. The Morgan fingerprint density at radius 1 is 1.59 bits per heavy atom. The van der Waals surface area contributed by atoms with E-state index in [0.717, 1.165) is 19.3 Å². The molecular formula is C12H21NO4. The summed E-state index contributed by atoms with van der Waals surface area (Å²) in [5.74, 6) is -0.237. The Hall–Kier alpha value is -1.10. The van der Waals surface area contributed by atoms with Crippen LogP contribution < -0.4 is 5.32 Å². The molecule has 0 bridgehead atoms. The van der Waals surface area contributed by atoms with Crippen molar-refractivity contribution >= 4 is 12.4 Å². The van der Waals surface area contributed by atoms with Gasteiger partial charge in [-0.15, -0.1) is 0 Å². The normalized spacial score (nSPS) is 26.0. The first kappa shape index (κ1) is 14.0. The molecule has 0 aromatic carbocycles. The van der Waals surface area contributed by atoms with Crippen molar-refractivity contribution in [2.24, 2.45) is 5.92 Å². The maximum absolute atomic E-state index is 11.7. The molecule has 0 spiro atoms. The topological polar surface area (TPSA) is 64.6 Å². The van der Waals surface area contributed by atoms with Crippen LogP contribution in [0.3, 0.4) is 0 Å². The van der Waals surface area contributed by atoms with E-state index in [1.165, 1.54) is 0 Å². The molecule has 0 unspecified atom stereocenters. The molecule has 98 valence electrons. The standard InChI is InChI=1S/C12H21NO4/c1-3-10-7-9(5-6-17-10)11(13-8-14)12(15)16-4-2/h8-11H,3-7H2,1-2H3,(H,13,14)/t9-,10+,11+/m0/s1. The van der Waals surface area contributed by atoms with Gasteiger partial charge < -0.3 is 14.8 Å². The lowest BCUT2D eigenvalue weighted by molar-refractivity contribution is -0.149. The van der Waals surface area contributed by atoms with E-state index in [0.29, 0.717) is 19.6 Å². The number of carbonyl (C=O) groups is 2. The average Bonchev–Trinajstić information content (AvgIpc) is 2.36. The van der Waals surface area contributed by atoms with Gasteiger partial charge in [-0.3, -0.25) is 4.79 Å². The fourth-order valence-corrected chi connectivity index (χ4v) is 2.20. The number of carbonyl (C=O) groups excluding carboxylic acids is 2. The van der Waals surface area contributed by atoms with Gasteiger partial charge in [0.1, 0.15) is 6.04 Å². The van der Waals surface area contributed by atoms with Gasteiger partial charge in [-0.1, -0.05) is 6.92 Å². The van der Waals surface area contributed by atoms with Gasteiger partial charge in [0.2, 0.25) is 6.41 Å². The first-order valence-corrected chi connectivity index (χ1v) is 6.20. The van der Waals surface area contributed by atoms with E-state index in [-0.39, 0.29) is 18.0 Å². The lowest BCUT2D eigenvalue weighted by Crippen LogP contribution is -2.46. The van der Waals surface area contributed by atoms with Crippen LogP contribution in [0.2, 0.25) is 0 Å². The summed E-state index contributed by atoms with van der Waals surface area (Å²) in [7, 11) is 0. The molecule has 1 aliphatic rings. The minimum absolute atomic E-state index is 0.109. The van der Waals surface area contributed by atoms with Gasteiger partial charge >= 0.3 is 5.97 Å². The number of esters is 1. The van der Waals surface area contributed by atoms with Gasteiger partial charge in [-0.2, -0.15) is 0 Å². The summed E-state index contributed by atoms with van der Waals surface area (Å²) in [6, 6.07) is -0.537. The van der Waals surface area contributed by atoms with Gasteiger partial charge in [-0.25, -0.2) is 4.79 Å². The Bertz CT molecular complexity index is 257. The summed E-state index contributed by atoms with van der Waals surface area (Å²) in [4.78, 5) is 22.3. The summed E-state index contributed by atoms with van der Waals surface area (Å²) in [6.07, 6.45) is 3.24. The van der Waals surface area contributed by atoms with E-state index >= 15 is 0 Å². The molecule has 0 radical (unpaired) electrons. The average molecular weight is 243 g/mol. The second-order valence-electron chi connectivity index (χ2n) is 4.20. The quantitative estimate of drug-likeness (QED) is 0.555. The zero-order chi connectivity index (χ0) is 12.7. The molecule has 17 heavy (non-hydrogen) atoms. The minimum Gasteiger partial charge on any atom is -0.464 e. The molecule has 0 aromatic heterocycles. The first-order chi connectivity index (χ1) is 8.22. The smallest absolute Gasteiger partial charge is 0.328 e. The molecule has 3 atom stereocenters. The highest BCUT2D eigenvalue weighted by atomic mass is 16.5. The Balaban J connectivity index is 2.61. The van der Waals surface area contributed by atoms with Crippen LogP contribution >= 0.6 is 0 Å². The number of amides is 1. The van der Waals surface area contributed by atoms with Crippen molar-refractivity contribution in [2.75, 3.05) is 13.2 Å². The summed E-state index contributed by atoms with van der Waals surface area (Å²) in [6.45, 7) is 4.78. The van der Waals surface area contributed by atoms with Crippen LogP contribution in [-0.4, -0.2) is 37.7 Å². The third-order valence-electron chi connectivity index (χ3n) is 3.12. The third kappa shape index (κ3) is 4.00. The van der Waals surface area contributed by atoms with Crippen molar-refractivity contribution in [2.45, 2.75) is 45.3 Å². The number of nitrogens with one attached hydrogen (secondary N) is 1. The molecule has 1 N–H and O–H groups in total. The van der Waals surface area contributed by atoms with Crippen molar-refractivity contribution in [3.05, 3.63) is 0 Å². The number of rotatable bonds is 6. The largest absolute Gasteiger partial charge is 0.464 e. The highest BCUT2D eigenvalue weighted by Crippen LogP contribution is 2.25. The Morgan fingerprint density at radius 2 is 2.35 bits per heavy atom. The van der Waals surface area contributed by atoms with Crippen molar-refractivity contribution in [1.82, 2.24) is 5.32 Å².